The van der Waals surface area contributed by atoms with Crippen molar-refractivity contribution < 1.29 is 14.7 Å². The Hall–Kier alpha value is -1.10. The Morgan fingerprint density at radius 3 is 2.32 bits per heavy atom. The summed E-state index contributed by atoms with van der Waals surface area (Å²) in [4.78, 5) is 22.6. The van der Waals surface area contributed by atoms with Crippen LogP contribution in [-0.2, 0) is 9.59 Å². The quantitative estimate of drug-likeness (QED) is 0.679. The van der Waals surface area contributed by atoms with Crippen molar-refractivity contribution in [2.75, 3.05) is 6.54 Å². The number of carbonyl (C=O) groups is 2. The molecule has 0 heterocycles. The zero-order valence-corrected chi connectivity index (χ0v) is 11.9. The molecular formula is C14H26N2O3. The molecule has 19 heavy (non-hydrogen) atoms. The summed E-state index contributed by atoms with van der Waals surface area (Å²) in [6.45, 7) is 4.71. The normalized spacial score (nSPS) is 25.1. The fourth-order valence-corrected chi connectivity index (χ4v) is 2.60. The van der Waals surface area contributed by atoms with Gasteiger partial charge < -0.3 is 16.2 Å². The first-order valence-corrected chi connectivity index (χ1v) is 7.16. The largest absolute Gasteiger partial charge is 0.481 e. The van der Waals surface area contributed by atoms with E-state index >= 15 is 0 Å². The Labute approximate surface area is 114 Å². The molecule has 110 valence electrons. The summed E-state index contributed by atoms with van der Waals surface area (Å²) in [5.41, 5.74) is 5.81. The maximum absolute atomic E-state index is 11.8. The van der Waals surface area contributed by atoms with Crippen LogP contribution in [0.15, 0.2) is 0 Å². The van der Waals surface area contributed by atoms with E-state index in [0.717, 1.165) is 12.8 Å². The van der Waals surface area contributed by atoms with Crippen molar-refractivity contribution in [3.05, 3.63) is 0 Å². The van der Waals surface area contributed by atoms with Crippen LogP contribution >= 0.6 is 0 Å². The number of rotatable bonds is 6. The monoisotopic (exact) mass is 270 g/mol. The van der Waals surface area contributed by atoms with Gasteiger partial charge in [0.1, 0.15) is 0 Å². The molecule has 4 N–H and O–H groups in total. The molecule has 1 atom stereocenters. The summed E-state index contributed by atoms with van der Waals surface area (Å²) in [6.07, 6.45) is 3.87. The van der Waals surface area contributed by atoms with Crippen molar-refractivity contribution in [2.45, 2.75) is 52.0 Å². The third-order valence-corrected chi connectivity index (χ3v) is 3.82. The van der Waals surface area contributed by atoms with E-state index < -0.39 is 12.0 Å². The second-order valence-electron chi connectivity index (χ2n) is 6.04. The van der Waals surface area contributed by atoms with Gasteiger partial charge in [0, 0.05) is 6.54 Å². The minimum atomic E-state index is -0.693. The van der Waals surface area contributed by atoms with Gasteiger partial charge in [0.2, 0.25) is 5.91 Å². The Morgan fingerprint density at radius 1 is 1.26 bits per heavy atom. The molecule has 1 aliphatic rings. The molecule has 0 aromatic rings. The Balaban J connectivity index is 2.23. The van der Waals surface area contributed by atoms with Crippen LogP contribution < -0.4 is 11.1 Å². The third-order valence-electron chi connectivity index (χ3n) is 3.82. The molecule has 1 saturated carbocycles. The van der Waals surface area contributed by atoms with Gasteiger partial charge in [0.05, 0.1) is 12.0 Å². The summed E-state index contributed by atoms with van der Waals surface area (Å²) in [5.74, 6) is -0.178. The van der Waals surface area contributed by atoms with Crippen molar-refractivity contribution in [1.82, 2.24) is 5.32 Å². The second-order valence-corrected chi connectivity index (χ2v) is 6.04. The van der Waals surface area contributed by atoms with Crippen molar-refractivity contribution in [3.63, 3.8) is 0 Å². The van der Waals surface area contributed by atoms with Crippen molar-refractivity contribution >= 4 is 11.9 Å². The van der Waals surface area contributed by atoms with E-state index in [-0.39, 0.29) is 11.8 Å². The van der Waals surface area contributed by atoms with Crippen LogP contribution in [0.1, 0.15) is 46.0 Å². The van der Waals surface area contributed by atoms with Gasteiger partial charge in [0.25, 0.3) is 0 Å². The number of nitrogens with one attached hydrogen (secondary N) is 1. The van der Waals surface area contributed by atoms with Crippen LogP contribution in [0.25, 0.3) is 0 Å². The standard InChI is InChI=1S/C14H26N2O3/c1-9(2)7-12(15)13(17)16-8-10-3-5-11(6-4-10)14(18)19/h9-12H,3-8,15H2,1-2H3,(H,16,17)(H,18,19)/t10-,11-,12-/m0/s1. The molecule has 1 aliphatic carbocycles. The molecule has 5 heteroatoms. The van der Waals surface area contributed by atoms with Gasteiger partial charge in [-0.1, -0.05) is 13.8 Å². The predicted molar refractivity (Wildman–Crippen MR) is 73.5 cm³/mol. The van der Waals surface area contributed by atoms with Crippen molar-refractivity contribution in [2.24, 2.45) is 23.5 Å². The number of carboxylic acids is 1. The zero-order chi connectivity index (χ0) is 14.4. The number of amides is 1. The lowest BCUT2D eigenvalue weighted by atomic mass is 9.82. The highest BCUT2D eigenvalue weighted by atomic mass is 16.4. The topological polar surface area (TPSA) is 92.4 Å². The van der Waals surface area contributed by atoms with Crippen LogP contribution in [0.3, 0.4) is 0 Å². The minimum absolute atomic E-state index is 0.0888. The fraction of sp³-hybridized carbons (Fsp3) is 0.857. The van der Waals surface area contributed by atoms with Crippen LogP contribution in [0, 0.1) is 17.8 Å². The van der Waals surface area contributed by atoms with E-state index in [1.165, 1.54) is 0 Å². The summed E-state index contributed by atoms with van der Waals surface area (Å²) in [5, 5.41) is 11.8. The summed E-state index contributed by atoms with van der Waals surface area (Å²) < 4.78 is 0. The average molecular weight is 270 g/mol. The summed E-state index contributed by atoms with van der Waals surface area (Å²) in [6, 6.07) is -0.435. The van der Waals surface area contributed by atoms with Gasteiger partial charge in [-0.05, 0) is 43.9 Å². The molecule has 0 spiro atoms. The number of nitrogens with two attached hydrogens (primary N) is 1. The van der Waals surface area contributed by atoms with Crippen LogP contribution in [0.5, 0.6) is 0 Å². The van der Waals surface area contributed by atoms with Crippen LogP contribution in [-0.4, -0.2) is 29.6 Å². The number of hydrogen-bond donors (Lipinski definition) is 3. The fourth-order valence-electron chi connectivity index (χ4n) is 2.60. The van der Waals surface area contributed by atoms with E-state index in [1.54, 1.807) is 0 Å². The molecule has 1 amide bonds. The van der Waals surface area contributed by atoms with Crippen LogP contribution in [0.4, 0.5) is 0 Å². The molecule has 1 rings (SSSR count). The van der Waals surface area contributed by atoms with E-state index in [0.29, 0.717) is 37.6 Å². The van der Waals surface area contributed by atoms with Gasteiger partial charge in [-0.25, -0.2) is 0 Å². The highest BCUT2D eigenvalue weighted by Gasteiger charge is 2.26. The lowest BCUT2D eigenvalue weighted by Gasteiger charge is -2.26. The molecule has 0 unspecified atom stereocenters. The first-order valence-electron chi connectivity index (χ1n) is 7.16. The number of aliphatic carboxylic acids is 1. The maximum atomic E-state index is 11.8. The summed E-state index contributed by atoms with van der Waals surface area (Å²) >= 11 is 0. The van der Waals surface area contributed by atoms with Crippen molar-refractivity contribution in [3.8, 4) is 0 Å². The highest BCUT2D eigenvalue weighted by molar-refractivity contribution is 5.81. The predicted octanol–water partition coefficient (Wildman–Crippen LogP) is 1.37. The Bertz CT molecular complexity index is 310. The van der Waals surface area contributed by atoms with E-state index in [9.17, 15) is 9.59 Å². The van der Waals surface area contributed by atoms with Crippen LogP contribution in [0.2, 0.25) is 0 Å². The molecule has 0 aliphatic heterocycles. The first-order chi connectivity index (χ1) is 8.90. The van der Waals surface area contributed by atoms with E-state index in [4.69, 9.17) is 10.8 Å². The smallest absolute Gasteiger partial charge is 0.306 e. The molecular weight excluding hydrogens is 244 g/mol. The molecule has 1 fully saturated rings. The molecule has 0 aromatic heterocycles. The maximum Gasteiger partial charge on any atom is 0.306 e. The number of carboxylic acid groups (broad SMARTS) is 1. The van der Waals surface area contributed by atoms with Crippen molar-refractivity contribution in [1.29, 1.82) is 0 Å². The SMILES string of the molecule is CC(C)C[C@H](N)C(=O)NC[C@H]1CC[C@H](C(=O)O)CC1. The lowest BCUT2D eigenvalue weighted by molar-refractivity contribution is -0.143. The van der Waals surface area contributed by atoms with Gasteiger partial charge in [-0.2, -0.15) is 0 Å². The third kappa shape index (κ3) is 5.59. The first kappa shape index (κ1) is 16.0. The average Bonchev–Trinajstić information content (AvgIpc) is 2.35. The molecule has 5 nitrogen and oxygen atoms in total. The number of hydrogen-bond acceptors (Lipinski definition) is 3. The van der Waals surface area contributed by atoms with Gasteiger partial charge in [0.15, 0.2) is 0 Å². The second kappa shape index (κ2) is 7.48. The Morgan fingerprint density at radius 2 is 1.84 bits per heavy atom. The molecule has 0 radical (unpaired) electrons. The van der Waals surface area contributed by atoms with Gasteiger partial charge in [-0.3, -0.25) is 9.59 Å². The lowest BCUT2D eigenvalue weighted by Crippen LogP contribution is -2.43. The zero-order valence-electron chi connectivity index (χ0n) is 11.9. The highest BCUT2D eigenvalue weighted by Crippen LogP contribution is 2.28. The van der Waals surface area contributed by atoms with E-state index in [1.807, 2.05) is 13.8 Å². The Kier molecular flexibility index (Phi) is 6.28. The van der Waals surface area contributed by atoms with Gasteiger partial charge in [-0.15, -0.1) is 0 Å². The summed E-state index contributed by atoms with van der Waals surface area (Å²) in [7, 11) is 0. The molecule has 0 saturated heterocycles. The minimum Gasteiger partial charge on any atom is -0.481 e. The molecule has 0 bridgehead atoms. The van der Waals surface area contributed by atoms with Gasteiger partial charge >= 0.3 is 5.97 Å². The molecule has 0 aromatic carbocycles. The van der Waals surface area contributed by atoms with E-state index in [2.05, 4.69) is 5.32 Å². The number of carbonyl (C=O) groups excluding carboxylic acids is 1.